The third-order valence-corrected chi connectivity index (χ3v) is 5.63. The number of nitrogens with zero attached hydrogens (tertiary/aromatic N) is 1. The van der Waals surface area contributed by atoms with Crippen LogP contribution in [0.4, 0.5) is 5.13 Å². The zero-order chi connectivity index (χ0) is 19.3. The number of carbonyl (C=O) groups is 1. The maximum atomic E-state index is 12.2. The molecule has 3 aromatic carbocycles. The molecule has 1 aromatic heterocycles. The van der Waals surface area contributed by atoms with Gasteiger partial charge in [-0.05, 0) is 35.2 Å². The lowest BCUT2D eigenvalue weighted by molar-refractivity contribution is -0.116. The smallest absolute Gasteiger partial charge is 0.226 e. The molecule has 0 fully saturated rings. The minimum Gasteiger partial charge on any atom is -0.302 e. The van der Waals surface area contributed by atoms with Crippen molar-refractivity contribution >= 4 is 33.1 Å². The van der Waals surface area contributed by atoms with Crippen LogP contribution >= 0.6 is 11.3 Å². The zero-order valence-corrected chi connectivity index (χ0v) is 16.6. The molecule has 4 aromatic rings. The molecule has 0 saturated heterocycles. The fourth-order valence-corrected chi connectivity index (χ4v) is 4.17. The van der Waals surface area contributed by atoms with E-state index < -0.39 is 0 Å². The molecule has 28 heavy (non-hydrogen) atoms. The molecule has 1 amide bonds. The van der Waals surface area contributed by atoms with Crippen molar-refractivity contribution < 1.29 is 4.79 Å². The third-order valence-electron chi connectivity index (χ3n) is 4.72. The fraction of sp³-hybridized carbons (Fsp3) is 0.167. The summed E-state index contributed by atoms with van der Waals surface area (Å²) in [6, 6.07) is 23.2. The maximum Gasteiger partial charge on any atom is 0.226 e. The van der Waals surface area contributed by atoms with E-state index in [4.69, 9.17) is 0 Å². The summed E-state index contributed by atoms with van der Waals surface area (Å²) in [6.07, 6.45) is 3.88. The summed E-state index contributed by atoms with van der Waals surface area (Å²) in [6.45, 7) is 2.07. The van der Waals surface area contributed by atoms with Crippen molar-refractivity contribution in [1.82, 2.24) is 4.98 Å². The van der Waals surface area contributed by atoms with Gasteiger partial charge in [-0.15, -0.1) is 11.3 Å². The van der Waals surface area contributed by atoms with Crippen LogP contribution in [0.25, 0.3) is 10.8 Å². The van der Waals surface area contributed by atoms with Gasteiger partial charge in [0.2, 0.25) is 5.91 Å². The topological polar surface area (TPSA) is 42.0 Å². The van der Waals surface area contributed by atoms with Crippen LogP contribution in [0, 0.1) is 6.92 Å². The fourth-order valence-electron chi connectivity index (χ4n) is 3.30. The van der Waals surface area contributed by atoms with Crippen LogP contribution in [0.1, 0.15) is 28.0 Å². The second-order valence-corrected chi connectivity index (χ2v) is 8.14. The van der Waals surface area contributed by atoms with Gasteiger partial charge in [-0.3, -0.25) is 4.79 Å². The molecule has 0 aliphatic heterocycles. The van der Waals surface area contributed by atoms with Crippen molar-refractivity contribution in [3.8, 4) is 0 Å². The first kappa shape index (κ1) is 18.4. The van der Waals surface area contributed by atoms with E-state index in [9.17, 15) is 4.79 Å². The number of benzene rings is 3. The molecule has 3 nitrogen and oxygen atoms in total. The largest absolute Gasteiger partial charge is 0.302 e. The molecular formula is C24H22N2OS. The molecule has 0 atom stereocenters. The number of aromatic nitrogens is 1. The highest BCUT2D eigenvalue weighted by Gasteiger charge is 2.08. The van der Waals surface area contributed by atoms with Crippen LogP contribution in [0.3, 0.4) is 0 Å². The van der Waals surface area contributed by atoms with Crippen LogP contribution in [0.2, 0.25) is 0 Å². The van der Waals surface area contributed by atoms with E-state index in [2.05, 4.69) is 77.9 Å². The van der Waals surface area contributed by atoms with Crippen molar-refractivity contribution in [3.63, 3.8) is 0 Å². The minimum absolute atomic E-state index is 0.00751. The summed E-state index contributed by atoms with van der Waals surface area (Å²) in [7, 11) is 0. The maximum absolute atomic E-state index is 12.2. The Kier molecular flexibility index (Phi) is 5.49. The average molecular weight is 387 g/mol. The lowest BCUT2D eigenvalue weighted by Crippen LogP contribution is -2.12. The first-order valence-corrected chi connectivity index (χ1v) is 10.3. The molecule has 140 valence electrons. The summed E-state index contributed by atoms with van der Waals surface area (Å²) in [4.78, 5) is 17.8. The van der Waals surface area contributed by atoms with Gasteiger partial charge in [-0.1, -0.05) is 72.3 Å². The molecule has 0 unspecified atom stereocenters. The standard InChI is InChI=1S/C24H22N2OS/c1-17-5-4-6-18(13-17)10-12-23(27)26-24-25-16-22(28-24)15-19-9-11-20-7-2-3-8-21(20)14-19/h2-9,11,13-14,16H,10,12,15H2,1H3,(H,25,26,27). The first-order valence-electron chi connectivity index (χ1n) is 9.43. The number of nitrogens with one attached hydrogen (secondary N) is 1. The highest BCUT2D eigenvalue weighted by atomic mass is 32.1. The van der Waals surface area contributed by atoms with Crippen molar-refractivity contribution in [2.24, 2.45) is 0 Å². The van der Waals surface area contributed by atoms with E-state index >= 15 is 0 Å². The second-order valence-electron chi connectivity index (χ2n) is 7.03. The Balaban J connectivity index is 1.35. The van der Waals surface area contributed by atoms with Crippen LogP contribution in [-0.4, -0.2) is 10.9 Å². The molecule has 0 radical (unpaired) electrons. The quantitative estimate of drug-likeness (QED) is 0.457. The Morgan fingerprint density at radius 3 is 2.68 bits per heavy atom. The number of aryl methyl sites for hydroxylation is 2. The molecule has 0 saturated carbocycles. The number of anilines is 1. The monoisotopic (exact) mass is 386 g/mol. The lowest BCUT2D eigenvalue weighted by Gasteiger charge is -2.03. The van der Waals surface area contributed by atoms with Gasteiger partial charge in [0.05, 0.1) is 0 Å². The minimum atomic E-state index is 0.00751. The van der Waals surface area contributed by atoms with E-state index in [0.717, 1.165) is 17.7 Å². The van der Waals surface area contributed by atoms with E-state index in [1.165, 1.54) is 27.5 Å². The van der Waals surface area contributed by atoms with Crippen LogP contribution in [-0.2, 0) is 17.6 Å². The third kappa shape index (κ3) is 4.65. The van der Waals surface area contributed by atoms with E-state index in [-0.39, 0.29) is 5.91 Å². The van der Waals surface area contributed by atoms with Gasteiger partial charge in [0, 0.05) is 23.9 Å². The molecular weight excluding hydrogens is 364 g/mol. The summed E-state index contributed by atoms with van der Waals surface area (Å²) >= 11 is 1.54. The Morgan fingerprint density at radius 1 is 0.964 bits per heavy atom. The van der Waals surface area contributed by atoms with Gasteiger partial charge in [0.1, 0.15) is 0 Å². The summed E-state index contributed by atoms with van der Waals surface area (Å²) in [5.74, 6) is 0.00751. The number of fused-ring (bicyclic) bond motifs is 1. The first-order chi connectivity index (χ1) is 13.7. The Hall–Kier alpha value is -2.98. The van der Waals surface area contributed by atoms with Gasteiger partial charge in [0.15, 0.2) is 5.13 Å². The SMILES string of the molecule is Cc1cccc(CCC(=O)Nc2ncc(Cc3ccc4ccccc4c3)s2)c1. The van der Waals surface area contributed by atoms with Gasteiger partial charge in [-0.2, -0.15) is 0 Å². The van der Waals surface area contributed by atoms with E-state index in [1.54, 1.807) is 11.3 Å². The van der Waals surface area contributed by atoms with Crippen LogP contribution in [0.5, 0.6) is 0 Å². The van der Waals surface area contributed by atoms with Gasteiger partial charge in [0.25, 0.3) is 0 Å². The summed E-state index contributed by atoms with van der Waals surface area (Å²) in [5, 5.41) is 6.09. The van der Waals surface area contributed by atoms with Gasteiger partial charge in [-0.25, -0.2) is 4.98 Å². The van der Waals surface area contributed by atoms with E-state index in [0.29, 0.717) is 11.6 Å². The van der Waals surface area contributed by atoms with E-state index in [1.807, 2.05) is 12.3 Å². The van der Waals surface area contributed by atoms with Crippen molar-refractivity contribution in [2.75, 3.05) is 5.32 Å². The van der Waals surface area contributed by atoms with Crippen molar-refractivity contribution in [1.29, 1.82) is 0 Å². The molecule has 0 spiro atoms. The van der Waals surface area contributed by atoms with Crippen molar-refractivity contribution in [2.45, 2.75) is 26.2 Å². The number of hydrogen-bond donors (Lipinski definition) is 1. The predicted octanol–water partition coefficient (Wildman–Crippen LogP) is 5.77. The Labute approximate surface area is 169 Å². The molecule has 4 heteroatoms. The van der Waals surface area contributed by atoms with Gasteiger partial charge >= 0.3 is 0 Å². The number of hydrogen-bond acceptors (Lipinski definition) is 3. The normalized spacial score (nSPS) is 10.9. The van der Waals surface area contributed by atoms with Crippen molar-refractivity contribution in [3.05, 3.63) is 94.5 Å². The Morgan fingerprint density at radius 2 is 1.82 bits per heavy atom. The lowest BCUT2D eigenvalue weighted by atomic mass is 10.0. The molecule has 4 rings (SSSR count). The number of rotatable bonds is 6. The molecule has 1 heterocycles. The number of amides is 1. The highest BCUT2D eigenvalue weighted by Crippen LogP contribution is 2.23. The molecule has 0 aliphatic carbocycles. The summed E-state index contributed by atoms with van der Waals surface area (Å²) < 4.78 is 0. The molecule has 1 N–H and O–H groups in total. The summed E-state index contributed by atoms with van der Waals surface area (Å²) in [5.41, 5.74) is 3.65. The predicted molar refractivity (Wildman–Crippen MR) is 117 cm³/mol. The van der Waals surface area contributed by atoms with Gasteiger partial charge < -0.3 is 5.32 Å². The average Bonchev–Trinajstić information content (AvgIpc) is 3.13. The van der Waals surface area contributed by atoms with Crippen LogP contribution in [0.15, 0.2) is 72.9 Å². The highest BCUT2D eigenvalue weighted by molar-refractivity contribution is 7.15. The second kappa shape index (κ2) is 8.36. The zero-order valence-electron chi connectivity index (χ0n) is 15.8. The number of thiazole rings is 1. The number of carbonyl (C=O) groups excluding carboxylic acids is 1. The molecule has 0 aliphatic rings. The Bertz CT molecular complexity index is 1120. The molecule has 0 bridgehead atoms. The van der Waals surface area contributed by atoms with Crippen LogP contribution < -0.4 is 5.32 Å².